The quantitative estimate of drug-likeness (QED) is 0.422. The molecule has 0 amide bonds. The molecular weight excluding hydrogens is 405 g/mol. The van der Waals surface area contributed by atoms with Crippen molar-refractivity contribution in [2.24, 2.45) is 10.7 Å². The lowest BCUT2D eigenvalue weighted by Gasteiger charge is -2.09. The topological polar surface area (TPSA) is 68.9 Å². The van der Waals surface area contributed by atoms with Crippen LogP contribution in [0.25, 0.3) is 0 Å². The fourth-order valence-electron chi connectivity index (χ4n) is 2.05. The first-order valence-electron chi connectivity index (χ1n) is 7.06. The van der Waals surface area contributed by atoms with Crippen molar-refractivity contribution >= 4 is 35.6 Å². The highest BCUT2D eigenvalue weighted by Crippen LogP contribution is 2.27. The van der Waals surface area contributed by atoms with E-state index in [-0.39, 0.29) is 24.0 Å². The van der Waals surface area contributed by atoms with Crippen molar-refractivity contribution in [2.45, 2.75) is 6.42 Å². The van der Waals surface area contributed by atoms with Gasteiger partial charge in [-0.2, -0.15) is 0 Å². The van der Waals surface area contributed by atoms with Crippen molar-refractivity contribution in [3.8, 4) is 11.5 Å². The molecule has 3 N–H and O–H groups in total. The van der Waals surface area contributed by atoms with Gasteiger partial charge in [0.2, 0.25) is 0 Å². The van der Waals surface area contributed by atoms with E-state index in [0.29, 0.717) is 12.5 Å². The average Bonchev–Trinajstić information content (AvgIpc) is 2.55. The van der Waals surface area contributed by atoms with Crippen LogP contribution in [-0.2, 0) is 6.42 Å². The van der Waals surface area contributed by atoms with Gasteiger partial charge in [-0.25, -0.2) is 0 Å². The van der Waals surface area contributed by atoms with E-state index in [1.165, 1.54) is 0 Å². The van der Waals surface area contributed by atoms with Crippen LogP contribution in [0.1, 0.15) is 5.56 Å². The van der Waals surface area contributed by atoms with Crippen LogP contribution in [0.3, 0.4) is 0 Å². The van der Waals surface area contributed by atoms with Crippen LogP contribution in [0.4, 0.5) is 5.69 Å². The second-order valence-electron chi connectivity index (χ2n) is 4.70. The van der Waals surface area contributed by atoms with Crippen LogP contribution >= 0.6 is 24.0 Å². The van der Waals surface area contributed by atoms with Crippen LogP contribution in [0.15, 0.2) is 53.5 Å². The van der Waals surface area contributed by atoms with E-state index in [4.69, 9.17) is 15.2 Å². The number of rotatable bonds is 6. The number of para-hydroxylation sites is 1. The summed E-state index contributed by atoms with van der Waals surface area (Å²) in [6, 6.07) is 15.6. The van der Waals surface area contributed by atoms with Crippen LogP contribution in [-0.4, -0.2) is 26.7 Å². The van der Waals surface area contributed by atoms with Crippen molar-refractivity contribution in [1.29, 1.82) is 0 Å². The summed E-state index contributed by atoms with van der Waals surface area (Å²) in [5, 5.41) is 3.05. The molecule has 0 spiro atoms. The number of halogens is 1. The van der Waals surface area contributed by atoms with Gasteiger partial charge >= 0.3 is 0 Å². The Labute approximate surface area is 153 Å². The summed E-state index contributed by atoms with van der Waals surface area (Å²) in [5.74, 6) is 1.85. The molecule has 0 aliphatic rings. The Kier molecular flexibility index (Phi) is 8.25. The van der Waals surface area contributed by atoms with E-state index in [1.807, 2.05) is 48.5 Å². The molecule has 5 nitrogen and oxygen atoms in total. The highest BCUT2D eigenvalue weighted by molar-refractivity contribution is 14.0. The van der Waals surface area contributed by atoms with Crippen molar-refractivity contribution in [2.75, 3.05) is 26.1 Å². The summed E-state index contributed by atoms with van der Waals surface area (Å²) in [6.07, 6.45) is 0.775. The third-order valence-corrected chi connectivity index (χ3v) is 3.18. The van der Waals surface area contributed by atoms with Gasteiger partial charge in [0.05, 0.1) is 14.2 Å². The van der Waals surface area contributed by atoms with Gasteiger partial charge in [-0.1, -0.05) is 24.3 Å². The molecule has 2 rings (SSSR count). The highest BCUT2D eigenvalue weighted by Gasteiger charge is 2.04. The molecule has 0 radical (unpaired) electrons. The predicted octanol–water partition coefficient (Wildman–Crippen LogP) is 3.29. The zero-order chi connectivity index (χ0) is 15.8. The Hall–Kier alpha value is -1.96. The molecule has 0 aliphatic carbocycles. The number of ether oxygens (including phenoxy) is 2. The number of nitrogens with zero attached hydrogens (tertiary/aromatic N) is 1. The summed E-state index contributed by atoms with van der Waals surface area (Å²) < 4.78 is 10.5. The van der Waals surface area contributed by atoms with E-state index in [0.717, 1.165) is 29.2 Å². The third kappa shape index (κ3) is 5.97. The second kappa shape index (κ2) is 9.94. The summed E-state index contributed by atoms with van der Waals surface area (Å²) in [5.41, 5.74) is 7.91. The number of aliphatic imine (C=N–C) groups is 1. The molecule has 0 saturated heterocycles. The van der Waals surface area contributed by atoms with Gasteiger partial charge in [-0.3, -0.25) is 4.99 Å². The molecule has 0 aliphatic heterocycles. The van der Waals surface area contributed by atoms with Crippen molar-refractivity contribution in [3.05, 3.63) is 54.1 Å². The molecule has 0 fully saturated rings. The third-order valence-electron chi connectivity index (χ3n) is 3.18. The number of hydrogen-bond donors (Lipinski definition) is 2. The first kappa shape index (κ1) is 19.1. The summed E-state index contributed by atoms with van der Waals surface area (Å²) in [4.78, 5) is 4.32. The number of nitrogens with one attached hydrogen (secondary N) is 1. The number of guanidine groups is 1. The van der Waals surface area contributed by atoms with Crippen LogP contribution in [0.5, 0.6) is 11.5 Å². The van der Waals surface area contributed by atoms with Crippen molar-refractivity contribution in [1.82, 2.24) is 0 Å². The molecule has 6 heteroatoms. The minimum Gasteiger partial charge on any atom is -0.493 e. The maximum Gasteiger partial charge on any atom is 0.193 e. The second-order valence-corrected chi connectivity index (χ2v) is 4.70. The Morgan fingerprint density at radius 1 is 1.04 bits per heavy atom. The maximum atomic E-state index is 5.87. The molecule has 2 aromatic rings. The van der Waals surface area contributed by atoms with E-state index < -0.39 is 0 Å². The summed E-state index contributed by atoms with van der Waals surface area (Å²) in [7, 11) is 3.25. The van der Waals surface area contributed by atoms with Crippen molar-refractivity contribution in [3.63, 3.8) is 0 Å². The summed E-state index contributed by atoms with van der Waals surface area (Å²) in [6.45, 7) is 0.598. The lowest BCUT2D eigenvalue weighted by molar-refractivity contribution is 0.354. The van der Waals surface area contributed by atoms with Crippen LogP contribution in [0, 0.1) is 0 Å². The average molecular weight is 427 g/mol. The van der Waals surface area contributed by atoms with Crippen LogP contribution in [0.2, 0.25) is 0 Å². The largest absolute Gasteiger partial charge is 0.493 e. The Morgan fingerprint density at radius 2 is 1.74 bits per heavy atom. The minimum absolute atomic E-state index is 0. The highest BCUT2D eigenvalue weighted by atomic mass is 127. The number of nitrogens with two attached hydrogens (primary N) is 1. The Morgan fingerprint density at radius 3 is 2.39 bits per heavy atom. The smallest absolute Gasteiger partial charge is 0.193 e. The van der Waals surface area contributed by atoms with Gasteiger partial charge in [-0.05, 0) is 36.2 Å². The molecule has 0 saturated carbocycles. The molecule has 0 atom stereocenters. The fraction of sp³-hybridized carbons (Fsp3) is 0.235. The fourth-order valence-corrected chi connectivity index (χ4v) is 2.05. The van der Waals surface area contributed by atoms with E-state index in [2.05, 4.69) is 10.3 Å². The first-order chi connectivity index (χ1) is 10.7. The molecule has 2 aromatic carbocycles. The summed E-state index contributed by atoms with van der Waals surface area (Å²) >= 11 is 0. The monoisotopic (exact) mass is 427 g/mol. The van der Waals surface area contributed by atoms with Gasteiger partial charge in [0.1, 0.15) is 0 Å². The standard InChI is InChI=1S/C17H21N3O2.HI/c1-21-15-9-8-13(12-16(15)22-2)10-11-19-17(18)20-14-6-4-3-5-7-14;/h3-9,12H,10-11H2,1-2H3,(H3,18,19,20);1H. The van der Waals surface area contributed by atoms with Gasteiger partial charge in [-0.15, -0.1) is 24.0 Å². The number of hydrogen-bond acceptors (Lipinski definition) is 3. The normalized spacial score (nSPS) is 10.6. The number of benzene rings is 2. The molecule has 124 valence electrons. The minimum atomic E-state index is 0. The van der Waals surface area contributed by atoms with E-state index in [9.17, 15) is 0 Å². The Bertz CT molecular complexity index is 633. The zero-order valence-electron chi connectivity index (χ0n) is 13.3. The SMILES string of the molecule is COc1ccc(CCN=C(N)Nc2ccccc2)cc1OC.I. The lowest BCUT2D eigenvalue weighted by Crippen LogP contribution is -2.23. The van der Waals surface area contributed by atoms with Crippen molar-refractivity contribution < 1.29 is 9.47 Å². The number of methoxy groups -OCH3 is 2. The molecule has 0 bridgehead atoms. The zero-order valence-corrected chi connectivity index (χ0v) is 15.6. The van der Waals surface area contributed by atoms with Gasteiger partial charge < -0.3 is 20.5 Å². The molecule has 0 unspecified atom stereocenters. The van der Waals surface area contributed by atoms with E-state index in [1.54, 1.807) is 14.2 Å². The maximum absolute atomic E-state index is 5.87. The Balaban J connectivity index is 0.00000264. The van der Waals surface area contributed by atoms with E-state index >= 15 is 0 Å². The molecule has 23 heavy (non-hydrogen) atoms. The van der Waals surface area contributed by atoms with Gasteiger partial charge in [0.15, 0.2) is 17.5 Å². The first-order valence-corrected chi connectivity index (χ1v) is 7.06. The number of anilines is 1. The lowest BCUT2D eigenvalue weighted by atomic mass is 10.1. The molecular formula is C17H22IN3O2. The molecule has 0 heterocycles. The predicted molar refractivity (Wildman–Crippen MR) is 105 cm³/mol. The van der Waals surface area contributed by atoms with Crippen LogP contribution < -0.4 is 20.5 Å². The van der Waals surface area contributed by atoms with Gasteiger partial charge in [0.25, 0.3) is 0 Å². The van der Waals surface area contributed by atoms with Gasteiger partial charge in [0, 0.05) is 12.2 Å². The molecule has 0 aromatic heterocycles.